The number of hydrogen-bond donors (Lipinski definition) is 0. The number of aryl methyl sites for hydroxylation is 3. The van der Waals surface area contributed by atoms with Crippen LogP contribution in [0.1, 0.15) is 18.3 Å². The van der Waals surface area contributed by atoms with Crippen LogP contribution in [0.15, 0.2) is 17.0 Å². The lowest BCUT2D eigenvalue weighted by Crippen LogP contribution is -2.40. The smallest absolute Gasteiger partial charge is 0.406 e. The number of hydrogen-bond acceptors (Lipinski definition) is 8. The van der Waals surface area contributed by atoms with Crippen molar-refractivity contribution >= 4 is 33.3 Å². The van der Waals surface area contributed by atoms with E-state index in [2.05, 4.69) is 10.1 Å². The maximum atomic E-state index is 12.9. The molecule has 1 amide bonds. The van der Waals surface area contributed by atoms with Gasteiger partial charge in [-0.05, 0) is 35.9 Å². The van der Waals surface area contributed by atoms with Gasteiger partial charge in [0.1, 0.15) is 15.7 Å². The summed E-state index contributed by atoms with van der Waals surface area (Å²) in [5.41, 5.74) is 0.530. The quantitative estimate of drug-likeness (QED) is 0.476. The van der Waals surface area contributed by atoms with Crippen molar-refractivity contribution < 1.29 is 22.9 Å². The second kappa shape index (κ2) is 8.10. The van der Waals surface area contributed by atoms with Crippen molar-refractivity contribution in [1.82, 2.24) is 19.1 Å². The highest BCUT2D eigenvalue weighted by atomic mass is 35.5. The number of likely N-dealkylation sites (N-methyl/N-ethyl adjacent to an activating group) is 1. The Balaban J connectivity index is 2.29. The molecule has 0 N–H and O–H groups in total. The zero-order valence-electron chi connectivity index (χ0n) is 15.5. The van der Waals surface area contributed by atoms with Crippen molar-refractivity contribution in [2.45, 2.75) is 25.7 Å². The Hall–Kier alpha value is -2.73. The van der Waals surface area contributed by atoms with Crippen LogP contribution >= 0.6 is 11.6 Å². The summed E-state index contributed by atoms with van der Waals surface area (Å²) in [6.45, 7) is 3.55. The average molecular weight is 432 g/mol. The summed E-state index contributed by atoms with van der Waals surface area (Å²) in [5.74, 6) is -1.73. The number of aromatic nitrogens is 3. The van der Waals surface area contributed by atoms with Crippen molar-refractivity contribution in [2.75, 3.05) is 13.2 Å². The van der Waals surface area contributed by atoms with Gasteiger partial charge in [0.05, 0.1) is 5.69 Å². The van der Waals surface area contributed by atoms with Gasteiger partial charge in [-0.15, -0.1) is 0 Å². The number of nitro groups is 1. The van der Waals surface area contributed by atoms with Crippen molar-refractivity contribution in [3.05, 3.63) is 38.8 Å². The number of amides is 1. The standard InChI is InChI=1S/C15H18ClN5O6S/c1-5-20(28(25,26)13-10(3)18-19(4)14(13)16)12(22)8-27-11-7-6-9(2)17-15(11)21(23)24/h6-7H,5,8H2,1-4H3. The van der Waals surface area contributed by atoms with Crippen LogP contribution in [0.2, 0.25) is 5.15 Å². The summed E-state index contributed by atoms with van der Waals surface area (Å²) in [6, 6.07) is 2.76. The average Bonchev–Trinajstić information content (AvgIpc) is 2.86. The van der Waals surface area contributed by atoms with Crippen molar-refractivity contribution in [2.24, 2.45) is 7.05 Å². The molecule has 0 saturated heterocycles. The molecule has 0 unspecified atom stereocenters. The first kappa shape index (κ1) is 21.6. The van der Waals surface area contributed by atoms with Crippen molar-refractivity contribution in [3.63, 3.8) is 0 Å². The zero-order chi connectivity index (χ0) is 21.2. The SMILES string of the molecule is CCN(C(=O)COc1ccc(C)nc1[N+](=O)[O-])S(=O)(=O)c1c(C)nn(C)c1Cl. The second-order valence-corrected chi connectivity index (χ2v) is 7.87. The van der Waals surface area contributed by atoms with E-state index in [0.717, 1.165) is 0 Å². The fraction of sp³-hybridized carbons (Fsp3) is 0.400. The van der Waals surface area contributed by atoms with E-state index in [9.17, 15) is 23.3 Å². The Labute approximate surface area is 166 Å². The largest absolute Gasteiger partial charge is 0.476 e. The molecule has 0 aromatic carbocycles. The molecule has 2 aromatic rings. The van der Waals surface area contributed by atoms with Crippen LogP contribution in [0.4, 0.5) is 5.82 Å². The molecule has 0 atom stereocenters. The molecule has 0 fully saturated rings. The highest BCUT2D eigenvalue weighted by molar-refractivity contribution is 7.89. The molecule has 0 radical (unpaired) electrons. The number of pyridine rings is 1. The molecule has 28 heavy (non-hydrogen) atoms. The van der Waals surface area contributed by atoms with Gasteiger partial charge < -0.3 is 14.9 Å². The lowest BCUT2D eigenvalue weighted by molar-refractivity contribution is -0.390. The molecule has 0 saturated carbocycles. The first-order chi connectivity index (χ1) is 13.0. The van der Waals surface area contributed by atoms with Crippen LogP contribution in [0.5, 0.6) is 5.75 Å². The third-order valence-corrected chi connectivity index (χ3v) is 6.31. The first-order valence-corrected chi connectivity index (χ1v) is 9.82. The van der Waals surface area contributed by atoms with Crippen LogP contribution in [0.3, 0.4) is 0 Å². The highest BCUT2D eigenvalue weighted by Crippen LogP contribution is 2.28. The third kappa shape index (κ3) is 4.07. The minimum atomic E-state index is -4.29. The van der Waals surface area contributed by atoms with Gasteiger partial charge in [-0.2, -0.15) is 5.10 Å². The zero-order valence-corrected chi connectivity index (χ0v) is 17.1. The maximum absolute atomic E-state index is 12.9. The number of nitrogens with zero attached hydrogens (tertiary/aromatic N) is 5. The molecular formula is C15H18ClN5O6S. The lowest BCUT2D eigenvalue weighted by atomic mass is 10.3. The van der Waals surface area contributed by atoms with E-state index in [4.69, 9.17) is 16.3 Å². The third-order valence-electron chi connectivity index (χ3n) is 3.72. The van der Waals surface area contributed by atoms with Gasteiger partial charge in [-0.3, -0.25) is 9.48 Å². The van der Waals surface area contributed by atoms with Gasteiger partial charge in [0.25, 0.3) is 15.9 Å². The fourth-order valence-electron chi connectivity index (χ4n) is 2.48. The Morgan fingerprint density at radius 1 is 1.39 bits per heavy atom. The molecule has 13 heteroatoms. The maximum Gasteiger partial charge on any atom is 0.406 e. The highest BCUT2D eigenvalue weighted by Gasteiger charge is 2.34. The lowest BCUT2D eigenvalue weighted by Gasteiger charge is -2.20. The molecule has 2 aromatic heterocycles. The molecule has 0 aliphatic rings. The summed E-state index contributed by atoms with van der Waals surface area (Å²) >= 11 is 6.02. The van der Waals surface area contributed by atoms with Crippen LogP contribution in [-0.4, -0.2) is 51.5 Å². The Morgan fingerprint density at radius 2 is 2.04 bits per heavy atom. The number of carbonyl (C=O) groups excluding carboxylic acids is 1. The number of sulfonamides is 1. The summed E-state index contributed by atoms with van der Waals surface area (Å²) in [5, 5.41) is 14.9. The van der Waals surface area contributed by atoms with Gasteiger partial charge in [-0.25, -0.2) is 12.7 Å². The van der Waals surface area contributed by atoms with E-state index >= 15 is 0 Å². The number of rotatable bonds is 7. The van der Waals surface area contributed by atoms with E-state index in [0.29, 0.717) is 10.00 Å². The summed E-state index contributed by atoms with van der Waals surface area (Å²) < 4.78 is 32.7. The summed E-state index contributed by atoms with van der Waals surface area (Å²) in [7, 11) is -2.82. The van der Waals surface area contributed by atoms with Crippen LogP contribution in [0, 0.1) is 24.0 Å². The minimum Gasteiger partial charge on any atom is -0.476 e. The molecule has 0 spiro atoms. The number of carbonyl (C=O) groups is 1. The van der Waals surface area contributed by atoms with Crippen LogP contribution < -0.4 is 4.74 Å². The summed E-state index contributed by atoms with van der Waals surface area (Å²) in [4.78, 5) is 26.3. The predicted molar refractivity (Wildman–Crippen MR) is 98.7 cm³/mol. The second-order valence-electron chi connectivity index (χ2n) is 5.71. The Kier molecular flexibility index (Phi) is 6.24. The number of halogens is 1. The topological polar surface area (TPSA) is 138 Å². The monoisotopic (exact) mass is 431 g/mol. The first-order valence-electron chi connectivity index (χ1n) is 8.00. The van der Waals surface area contributed by atoms with Crippen molar-refractivity contribution in [1.29, 1.82) is 0 Å². The molecule has 152 valence electrons. The predicted octanol–water partition coefficient (Wildman–Crippen LogP) is 1.61. The van der Waals surface area contributed by atoms with Crippen molar-refractivity contribution in [3.8, 4) is 5.75 Å². The van der Waals surface area contributed by atoms with Gasteiger partial charge >= 0.3 is 5.82 Å². The Morgan fingerprint density at radius 3 is 2.54 bits per heavy atom. The molecule has 11 nitrogen and oxygen atoms in total. The van der Waals surface area contributed by atoms with Gasteiger partial charge in [0.15, 0.2) is 6.61 Å². The van der Waals surface area contributed by atoms with Gasteiger partial charge in [0.2, 0.25) is 5.75 Å². The summed E-state index contributed by atoms with van der Waals surface area (Å²) in [6.07, 6.45) is 0. The molecule has 0 bridgehead atoms. The molecular weight excluding hydrogens is 414 g/mol. The minimum absolute atomic E-state index is 0.136. The Bertz CT molecular complexity index is 1040. The van der Waals surface area contributed by atoms with Crippen LogP contribution in [0.25, 0.3) is 0 Å². The molecule has 0 aliphatic carbocycles. The van der Waals surface area contributed by atoms with Gasteiger partial charge in [-0.1, -0.05) is 11.6 Å². The molecule has 2 rings (SSSR count). The molecule has 0 aliphatic heterocycles. The van der Waals surface area contributed by atoms with E-state index in [1.807, 2.05) is 0 Å². The van der Waals surface area contributed by atoms with E-state index in [1.165, 1.54) is 37.7 Å². The van der Waals surface area contributed by atoms with E-state index in [-0.39, 0.29) is 28.0 Å². The van der Waals surface area contributed by atoms with E-state index in [1.54, 1.807) is 6.92 Å². The molecule has 2 heterocycles. The normalized spacial score (nSPS) is 11.3. The van der Waals surface area contributed by atoms with Gasteiger partial charge in [0, 0.05) is 20.5 Å². The number of ether oxygens (including phenoxy) is 1. The fourth-order valence-corrected chi connectivity index (χ4v) is 4.59. The van der Waals surface area contributed by atoms with Crippen LogP contribution in [-0.2, 0) is 21.9 Å². The van der Waals surface area contributed by atoms with E-state index < -0.39 is 33.3 Å².